The third kappa shape index (κ3) is 7.26. The highest BCUT2D eigenvalue weighted by Gasteiger charge is 2.38. The van der Waals surface area contributed by atoms with Gasteiger partial charge in [0.1, 0.15) is 11.8 Å². The second-order valence-electron chi connectivity index (χ2n) is 14.1. The molecule has 257 valence electrons. The number of aliphatic hydroxyl groups excluding tert-OH is 2. The molecule has 0 aliphatic heterocycles. The Hall–Kier alpha value is -5.01. The minimum Gasteiger partial charge on any atom is -0.536 e. The Morgan fingerprint density at radius 3 is 1.86 bits per heavy atom. The first-order chi connectivity index (χ1) is 24.8. The SMILES string of the molecule is CC(C)(C)c1cccc2c1CCC(O[Si](c1ccccc1)c1ccccc1)=C2C(CCO)C(O)c1nc(-c2ccccc2)c(-c2ccccc2)o1. The summed E-state index contributed by atoms with van der Waals surface area (Å²) in [6, 6.07) is 47.1. The van der Waals surface area contributed by atoms with Gasteiger partial charge in [-0.25, -0.2) is 4.98 Å². The summed E-state index contributed by atoms with van der Waals surface area (Å²) < 4.78 is 13.8. The first kappa shape index (κ1) is 34.4. The van der Waals surface area contributed by atoms with Gasteiger partial charge >= 0.3 is 9.04 Å². The maximum Gasteiger partial charge on any atom is 0.352 e. The molecule has 1 aromatic heterocycles. The normalized spacial score (nSPS) is 14.3. The Morgan fingerprint density at radius 2 is 1.29 bits per heavy atom. The summed E-state index contributed by atoms with van der Waals surface area (Å²) in [7, 11) is -1.72. The van der Waals surface area contributed by atoms with E-state index < -0.39 is 21.1 Å². The number of fused-ring (bicyclic) bond motifs is 1. The number of nitrogens with zero attached hydrogens (tertiary/aromatic N) is 1. The zero-order valence-electron chi connectivity index (χ0n) is 29.4. The number of hydrogen-bond acceptors (Lipinski definition) is 5. The molecule has 0 spiro atoms. The molecule has 1 aliphatic rings. The number of rotatable bonds is 11. The van der Waals surface area contributed by atoms with Gasteiger partial charge in [-0.05, 0) is 45.3 Å². The van der Waals surface area contributed by atoms with Crippen LogP contribution in [0.4, 0.5) is 0 Å². The Bertz CT molecular complexity index is 1990. The van der Waals surface area contributed by atoms with E-state index in [1.165, 1.54) is 11.1 Å². The van der Waals surface area contributed by atoms with E-state index in [4.69, 9.17) is 13.8 Å². The van der Waals surface area contributed by atoms with Gasteiger partial charge in [0.2, 0.25) is 5.89 Å². The molecular weight excluding hydrogens is 647 g/mol. The second-order valence-corrected chi connectivity index (χ2v) is 16.1. The van der Waals surface area contributed by atoms with Gasteiger partial charge in [-0.3, -0.25) is 0 Å². The maximum absolute atomic E-state index is 12.5. The van der Waals surface area contributed by atoms with Crippen molar-refractivity contribution in [3.8, 4) is 22.6 Å². The fraction of sp³-hybridized carbons (Fsp3) is 0.222. The van der Waals surface area contributed by atoms with Crippen molar-refractivity contribution in [2.45, 2.75) is 51.6 Å². The third-order valence-corrected chi connectivity index (χ3v) is 11.8. The molecule has 0 amide bonds. The van der Waals surface area contributed by atoms with Gasteiger partial charge in [-0.2, -0.15) is 0 Å². The number of benzene rings is 5. The molecule has 2 N–H and O–H groups in total. The molecule has 0 saturated carbocycles. The Kier molecular flexibility index (Phi) is 10.2. The van der Waals surface area contributed by atoms with E-state index in [1.54, 1.807) is 0 Å². The highest BCUT2D eigenvalue weighted by molar-refractivity contribution is 6.80. The molecule has 7 rings (SSSR count). The van der Waals surface area contributed by atoms with E-state index in [0.29, 0.717) is 24.3 Å². The van der Waals surface area contributed by atoms with Crippen molar-refractivity contribution < 1.29 is 19.1 Å². The summed E-state index contributed by atoms with van der Waals surface area (Å²) in [6.45, 7) is 6.60. The lowest BCUT2D eigenvalue weighted by Crippen LogP contribution is -2.45. The van der Waals surface area contributed by atoms with E-state index in [2.05, 4.69) is 87.5 Å². The first-order valence-electron chi connectivity index (χ1n) is 17.8. The molecule has 0 bridgehead atoms. The Morgan fingerprint density at radius 1 is 0.725 bits per heavy atom. The fourth-order valence-corrected chi connectivity index (χ4v) is 9.26. The minimum absolute atomic E-state index is 0.0827. The number of oxazole rings is 1. The van der Waals surface area contributed by atoms with Gasteiger partial charge in [0.05, 0.1) is 5.76 Å². The van der Waals surface area contributed by atoms with Crippen LogP contribution < -0.4 is 10.4 Å². The van der Waals surface area contributed by atoms with Gasteiger partial charge in [0, 0.05) is 35.6 Å². The molecule has 51 heavy (non-hydrogen) atoms. The fourth-order valence-electron chi connectivity index (χ4n) is 7.25. The van der Waals surface area contributed by atoms with Crippen molar-refractivity contribution in [1.29, 1.82) is 0 Å². The van der Waals surface area contributed by atoms with Gasteiger partial charge in [-0.1, -0.05) is 160 Å². The van der Waals surface area contributed by atoms with Crippen LogP contribution in [0.1, 0.15) is 62.3 Å². The lowest BCUT2D eigenvalue weighted by atomic mass is 9.73. The largest absolute Gasteiger partial charge is 0.536 e. The van der Waals surface area contributed by atoms with Crippen LogP contribution in [-0.4, -0.2) is 30.8 Å². The van der Waals surface area contributed by atoms with Gasteiger partial charge < -0.3 is 19.1 Å². The monoisotopic (exact) mass is 690 g/mol. The molecule has 6 heteroatoms. The maximum atomic E-state index is 12.5. The summed E-state index contributed by atoms with van der Waals surface area (Å²) in [4.78, 5) is 4.99. The average Bonchev–Trinajstić information content (AvgIpc) is 3.62. The smallest absolute Gasteiger partial charge is 0.352 e. The molecular formula is C45H44NO4Si. The van der Waals surface area contributed by atoms with Gasteiger partial charge in [0.25, 0.3) is 0 Å². The van der Waals surface area contributed by atoms with E-state index in [1.807, 2.05) is 72.8 Å². The van der Waals surface area contributed by atoms with E-state index >= 15 is 0 Å². The van der Waals surface area contributed by atoms with E-state index in [9.17, 15) is 10.2 Å². The highest BCUT2D eigenvalue weighted by Crippen LogP contribution is 2.47. The van der Waals surface area contributed by atoms with E-state index in [-0.39, 0.29) is 17.9 Å². The quantitative estimate of drug-likeness (QED) is 0.133. The van der Waals surface area contributed by atoms with Crippen molar-refractivity contribution >= 4 is 25.0 Å². The predicted molar refractivity (Wildman–Crippen MR) is 207 cm³/mol. The van der Waals surface area contributed by atoms with Gasteiger partial charge in [-0.15, -0.1) is 0 Å². The number of aliphatic hydroxyl groups is 2. The van der Waals surface area contributed by atoms with Crippen LogP contribution in [-0.2, 0) is 16.3 Å². The highest BCUT2D eigenvalue weighted by atomic mass is 28.3. The summed E-state index contributed by atoms with van der Waals surface area (Å²) in [5, 5.41) is 25.4. The first-order valence-corrected chi connectivity index (χ1v) is 19.2. The standard InChI is InChI=1S/C45H44NO4Si/c1-45(2,3)38-26-16-25-36-35(38)27-28-39(50-51(33-21-12-6-13-22-33)34-23-14-7-15-24-34)40(36)37(29-30-47)42(48)44-46-41(31-17-8-4-9-18-31)43(49-44)32-19-10-5-11-20-32/h4-26,37,42,47-48H,27-30H2,1-3H3. The molecule has 2 atom stereocenters. The molecule has 1 aliphatic carbocycles. The van der Waals surface area contributed by atoms with Crippen molar-refractivity contribution in [1.82, 2.24) is 4.98 Å². The Labute approximate surface area is 302 Å². The topological polar surface area (TPSA) is 75.7 Å². The molecule has 5 aromatic carbocycles. The molecule has 6 aromatic rings. The molecule has 0 fully saturated rings. The molecule has 0 saturated heterocycles. The van der Waals surface area contributed by atoms with Crippen LogP contribution in [0.15, 0.2) is 150 Å². The summed E-state index contributed by atoms with van der Waals surface area (Å²) >= 11 is 0. The summed E-state index contributed by atoms with van der Waals surface area (Å²) in [5.41, 5.74) is 6.87. The van der Waals surface area contributed by atoms with Crippen LogP contribution >= 0.6 is 0 Å². The molecule has 1 radical (unpaired) electrons. The van der Waals surface area contributed by atoms with Crippen molar-refractivity contribution in [2.24, 2.45) is 5.92 Å². The van der Waals surface area contributed by atoms with Crippen LogP contribution in [0.3, 0.4) is 0 Å². The predicted octanol–water partition coefficient (Wildman–Crippen LogP) is 8.52. The number of aromatic nitrogens is 1. The molecule has 5 nitrogen and oxygen atoms in total. The zero-order chi connectivity index (χ0) is 35.4. The number of allylic oxidation sites excluding steroid dienone is 1. The van der Waals surface area contributed by atoms with Crippen molar-refractivity contribution in [2.75, 3.05) is 6.61 Å². The average molecular weight is 691 g/mol. The third-order valence-electron chi connectivity index (χ3n) is 9.65. The lowest BCUT2D eigenvalue weighted by Gasteiger charge is -2.35. The molecule has 1 heterocycles. The lowest BCUT2D eigenvalue weighted by molar-refractivity contribution is 0.0906. The zero-order valence-corrected chi connectivity index (χ0v) is 30.4. The van der Waals surface area contributed by atoms with E-state index in [0.717, 1.165) is 44.8 Å². The van der Waals surface area contributed by atoms with Gasteiger partial charge in [0.15, 0.2) is 5.76 Å². The Balaban J connectivity index is 1.41. The van der Waals surface area contributed by atoms with Crippen LogP contribution in [0.5, 0.6) is 0 Å². The van der Waals surface area contributed by atoms with Crippen LogP contribution in [0.2, 0.25) is 0 Å². The second kappa shape index (κ2) is 15.1. The number of hydrogen-bond donors (Lipinski definition) is 2. The van der Waals surface area contributed by atoms with Crippen molar-refractivity contribution in [3.63, 3.8) is 0 Å². The minimum atomic E-state index is -1.72. The van der Waals surface area contributed by atoms with Crippen LogP contribution in [0.25, 0.3) is 28.2 Å². The van der Waals surface area contributed by atoms with Crippen LogP contribution in [0, 0.1) is 5.92 Å². The summed E-state index contributed by atoms with van der Waals surface area (Å²) in [6.07, 6.45) is 0.635. The van der Waals surface area contributed by atoms with Crippen molar-refractivity contribution in [3.05, 3.63) is 168 Å². The summed E-state index contributed by atoms with van der Waals surface area (Å²) in [5.74, 6) is 1.11. The molecule has 2 unspecified atom stereocenters.